The number of nitrogens with one attached hydrogen (secondary N) is 1. The van der Waals surface area contributed by atoms with Crippen molar-refractivity contribution in [2.24, 2.45) is 5.92 Å². The molecule has 3 aromatic rings. The van der Waals surface area contributed by atoms with E-state index in [9.17, 15) is 22.8 Å². The van der Waals surface area contributed by atoms with E-state index < -0.39 is 29.8 Å². The largest absolute Gasteiger partial charge is 0.416 e. The maximum absolute atomic E-state index is 12.9. The van der Waals surface area contributed by atoms with Crippen LogP contribution in [0.3, 0.4) is 0 Å². The molecule has 30 heavy (non-hydrogen) atoms. The molecule has 4 rings (SSSR count). The number of aromatic nitrogens is 3. The topological polar surface area (TPSA) is 76.9 Å². The van der Waals surface area contributed by atoms with Gasteiger partial charge in [-0.2, -0.15) is 13.2 Å². The van der Waals surface area contributed by atoms with Crippen LogP contribution in [0, 0.1) is 5.92 Å². The van der Waals surface area contributed by atoms with E-state index in [0.29, 0.717) is 16.1 Å². The lowest BCUT2D eigenvalue weighted by Crippen LogP contribution is -2.30. The van der Waals surface area contributed by atoms with E-state index in [-0.39, 0.29) is 10.7 Å². The molecule has 0 unspecified atom stereocenters. The van der Waals surface area contributed by atoms with Gasteiger partial charge in [-0.25, -0.2) is 4.68 Å². The number of fused-ring (bicyclic) bond motifs is 3. The minimum absolute atomic E-state index is 0.0498. The van der Waals surface area contributed by atoms with Crippen LogP contribution in [-0.4, -0.2) is 20.9 Å². The monoisotopic (exact) mass is 456 g/mol. The Bertz CT molecular complexity index is 1200. The molecule has 2 heterocycles. The van der Waals surface area contributed by atoms with E-state index in [1.165, 1.54) is 11.3 Å². The lowest BCUT2D eigenvalue weighted by Gasteiger charge is -2.17. The van der Waals surface area contributed by atoms with Gasteiger partial charge in [-0.05, 0) is 48.9 Å². The lowest BCUT2D eigenvalue weighted by atomic mass is 9.89. The maximum atomic E-state index is 12.9. The van der Waals surface area contributed by atoms with Crippen molar-refractivity contribution in [3.63, 3.8) is 0 Å². The van der Waals surface area contributed by atoms with Crippen molar-refractivity contribution in [1.29, 1.82) is 0 Å². The fourth-order valence-corrected chi connectivity index (χ4v) is 5.00. The Balaban J connectivity index is 1.60. The van der Waals surface area contributed by atoms with E-state index in [1.807, 2.05) is 0 Å². The minimum Gasteiger partial charge on any atom is -0.323 e. The van der Waals surface area contributed by atoms with Crippen molar-refractivity contribution in [3.05, 3.63) is 49.6 Å². The number of anilines is 1. The zero-order valence-electron chi connectivity index (χ0n) is 15.7. The van der Waals surface area contributed by atoms with Crippen molar-refractivity contribution in [2.45, 2.75) is 38.9 Å². The van der Waals surface area contributed by atoms with Gasteiger partial charge in [0.1, 0.15) is 6.54 Å². The molecule has 158 valence electrons. The van der Waals surface area contributed by atoms with E-state index in [4.69, 9.17) is 11.6 Å². The van der Waals surface area contributed by atoms with Gasteiger partial charge in [-0.3, -0.25) is 9.59 Å². The number of alkyl halides is 3. The first kappa shape index (κ1) is 20.8. The van der Waals surface area contributed by atoms with Crippen LogP contribution in [0.1, 0.15) is 29.3 Å². The summed E-state index contributed by atoms with van der Waals surface area (Å²) in [4.78, 5) is 26.9. The standard InChI is InChI=1S/C19H16ClF3N4O2S/c1-9-2-4-11-14(6-9)30-17-16(11)18(29)27(26-25-17)8-15(28)24-13-7-10(19(21,22)23)3-5-12(13)20/h3,5,7,9H,2,4,6,8H2,1H3,(H,24,28)/t9-/m0/s1. The number of nitrogens with zero attached hydrogens (tertiary/aromatic N) is 3. The van der Waals surface area contributed by atoms with Gasteiger partial charge in [0.2, 0.25) is 5.91 Å². The first-order valence-electron chi connectivity index (χ1n) is 9.18. The Hall–Kier alpha value is -2.46. The number of halogens is 4. The normalized spacial score (nSPS) is 16.5. The highest BCUT2D eigenvalue weighted by Gasteiger charge is 2.31. The third kappa shape index (κ3) is 3.93. The summed E-state index contributed by atoms with van der Waals surface area (Å²) in [5.74, 6) is -0.201. The molecule has 0 fully saturated rings. The molecule has 1 N–H and O–H groups in total. The summed E-state index contributed by atoms with van der Waals surface area (Å²) in [6.07, 6.45) is -1.96. The highest BCUT2D eigenvalue weighted by Crippen LogP contribution is 2.35. The zero-order valence-corrected chi connectivity index (χ0v) is 17.3. The number of carbonyl (C=O) groups excluding carboxylic acids is 1. The van der Waals surface area contributed by atoms with E-state index >= 15 is 0 Å². The minimum atomic E-state index is -4.58. The van der Waals surface area contributed by atoms with Gasteiger partial charge in [0, 0.05) is 4.88 Å². The molecular weight excluding hydrogens is 441 g/mol. The van der Waals surface area contributed by atoms with E-state index in [2.05, 4.69) is 22.6 Å². The van der Waals surface area contributed by atoms with Crippen LogP contribution in [0.5, 0.6) is 0 Å². The molecule has 0 saturated carbocycles. The number of thiophene rings is 1. The van der Waals surface area contributed by atoms with Crippen LogP contribution in [0.15, 0.2) is 23.0 Å². The summed E-state index contributed by atoms with van der Waals surface area (Å²) in [5, 5.41) is 10.6. The summed E-state index contributed by atoms with van der Waals surface area (Å²) < 4.78 is 39.6. The van der Waals surface area contributed by atoms with Gasteiger partial charge in [-0.1, -0.05) is 23.7 Å². The Morgan fingerprint density at radius 3 is 2.90 bits per heavy atom. The first-order valence-corrected chi connectivity index (χ1v) is 10.4. The Kier molecular flexibility index (Phi) is 5.31. The van der Waals surface area contributed by atoms with Gasteiger partial charge in [0.25, 0.3) is 5.56 Å². The van der Waals surface area contributed by atoms with E-state index in [1.54, 1.807) is 0 Å². The van der Waals surface area contributed by atoms with Crippen molar-refractivity contribution in [3.8, 4) is 0 Å². The van der Waals surface area contributed by atoms with Crippen molar-refractivity contribution in [2.75, 3.05) is 5.32 Å². The smallest absolute Gasteiger partial charge is 0.323 e. The molecule has 0 aliphatic heterocycles. The fourth-order valence-electron chi connectivity index (χ4n) is 3.52. The van der Waals surface area contributed by atoms with Gasteiger partial charge >= 0.3 is 6.18 Å². The molecule has 1 aromatic carbocycles. The second-order valence-electron chi connectivity index (χ2n) is 7.32. The molecule has 11 heteroatoms. The Morgan fingerprint density at radius 2 is 2.17 bits per heavy atom. The van der Waals surface area contributed by atoms with Crippen LogP contribution in [0.25, 0.3) is 10.2 Å². The second kappa shape index (κ2) is 7.66. The lowest BCUT2D eigenvalue weighted by molar-refractivity contribution is -0.137. The summed E-state index contributed by atoms with van der Waals surface area (Å²) >= 11 is 7.34. The van der Waals surface area contributed by atoms with Gasteiger partial charge in [-0.15, -0.1) is 16.4 Å². The van der Waals surface area contributed by atoms with Gasteiger partial charge < -0.3 is 5.32 Å². The quantitative estimate of drug-likeness (QED) is 0.638. The molecule has 0 radical (unpaired) electrons. The third-order valence-electron chi connectivity index (χ3n) is 5.05. The SMILES string of the molecule is C[C@H]1CCc2c(sc3nnn(CC(=O)Nc4cc(C(F)(F)F)ccc4Cl)c(=O)c23)C1. The van der Waals surface area contributed by atoms with Crippen molar-refractivity contribution >= 4 is 44.7 Å². The molecule has 1 aliphatic rings. The number of carbonyl (C=O) groups is 1. The number of amides is 1. The average Bonchev–Trinajstić information content (AvgIpc) is 3.03. The van der Waals surface area contributed by atoms with Crippen molar-refractivity contribution in [1.82, 2.24) is 15.0 Å². The predicted octanol–water partition coefficient (Wildman–Crippen LogP) is 4.29. The molecule has 2 aromatic heterocycles. The van der Waals surface area contributed by atoms with Crippen LogP contribution >= 0.6 is 22.9 Å². The van der Waals surface area contributed by atoms with Crippen LogP contribution < -0.4 is 10.9 Å². The summed E-state index contributed by atoms with van der Waals surface area (Å²) in [5.41, 5.74) is -0.611. The molecule has 0 bridgehead atoms. The zero-order chi connectivity index (χ0) is 21.6. The van der Waals surface area contributed by atoms with Crippen molar-refractivity contribution < 1.29 is 18.0 Å². The summed E-state index contributed by atoms with van der Waals surface area (Å²) in [7, 11) is 0. The van der Waals surface area contributed by atoms with Gasteiger partial charge in [0.05, 0.1) is 21.7 Å². The first-order chi connectivity index (χ1) is 14.1. The number of benzene rings is 1. The number of aryl methyl sites for hydroxylation is 1. The van der Waals surface area contributed by atoms with Crippen LogP contribution in [-0.2, 0) is 30.4 Å². The highest BCUT2D eigenvalue weighted by atomic mass is 35.5. The molecule has 1 atom stereocenters. The van der Waals surface area contributed by atoms with Gasteiger partial charge in [0.15, 0.2) is 4.83 Å². The fraction of sp³-hybridized carbons (Fsp3) is 0.368. The molecule has 0 spiro atoms. The molecule has 6 nitrogen and oxygen atoms in total. The number of hydrogen-bond donors (Lipinski definition) is 1. The average molecular weight is 457 g/mol. The summed E-state index contributed by atoms with van der Waals surface area (Å²) in [6, 6.07) is 2.62. The third-order valence-corrected chi connectivity index (χ3v) is 6.51. The molecule has 1 amide bonds. The summed E-state index contributed by atoms with van der Waals surface area (Å²) in [6.45, 7) is 1.66. The predicted molar refractivity (Wildman–Crippen MR) is 108 cm³/mol. The van der Waals surface area contributed by atoms with E-state index in [0.717, 1.165) is 52.6 Å². The Labute approximate surface area is 177 Å². The molecule has 0 saturated heterocycles. The number of rotatable bonds is 3. The Morgan fingerprint density at radius 1 is 1.40 bits per heavy atom. The van der Waals surface area contributed by atoms with Crippen LogP contribution in [0.4, 0.5) is 18.9 Å². The maximum Gasteiger partial charge on any atom is 0.416 e. The second-order valence-corrected chi connectivity index (χ2v) is 8.82. The van der Waals surface area contributed by atoms with Crippen LogP contribution in [0.2, 0.25) is 5.02 Å². The number of hydrogen-bond acceptors (Lipinski definition) is 5. The molecular formula is C19H16ClF3N4O2S. The molecule has 1 aliphatic carbocycles. The highest BCUT2D eigenvalue weighted by molar-refractivity contribution is 7.18.